The van der Waals surface area contributed by atoms with E-state index in [1.165, 1.54) is 0 Å². The fraction of sp³-hybridized carbons (Fsp3) is 0.292. The minimum Gasteiger partial charge on any atom is -0.354 e. The number of nitrogens with zero attached hydrogens (tertiary/aromatic N) is 2. The van der Waals surface area contributed by atoms with Crippen molar-refractivity contribution in [3.05, 3.63) is 72.4 Å². The Kier molecular flexibility index (Phi) is 5.41. The van der Waals surface area contributed by atoms with Gasteiger partial charge in [-0.15, -0.1) is 0 Å². The lowest BCUT2D eigenvalue weighted by Crippen LogP contribution is -2.47. The summed E-state index contributed by atoms with van der Waals surface area (Å²) in [5, 5.41) is 3.15. The van der Waals surface area contributed by atoms with E-state index in [1.807, 2.05) is 53.5 Å². The molecular formula is C24H28N4O. The second-order valence-corrected chi connectivity index (χ2v) is 7.87. The molecule has 1 aromatic heterocycles. The zero-order chi connectivity index (χ0) is 20.4. The van der Waals surface area contributed by atoms with E-state index >= 15 is 0 Å². The van der Waals surface area contributed by atoms with Crippen LogP contribution < -0.4 is 5.43 Å². The van der Waals surface area contributed by atoms with E-state index < -0.39 is 0 Å². The Bertz CT molecular complexity index is 1020. The van der Waals surface area contributed by atoms with Gasteiger partial charge in [-0.25, -0.2) is 5.01 Å². The van der Waals surface area contributed by atoms with E-state index in [-0.39, 0.29) is 18.0 Å². The number of aromatic nitrogens is 1. The third-order valence-electron chi connectivity index (χ3n) is 5.63. The molecule has 1 unspecified atom stereocenters. The second kappa shape index (κ2) is 8.13. The maximum absolute atomic E-state index is 13.4. The van der Waals surface area contributed by atoms with Crippen molar-refractivity contribution in [2.45, 2.75) is 32.4 Å². The van der Waals surface area contributed by atoms with Crippen molar-refractivity contribution in [1.82, 2.24) is 20.3 Å². The molecule has 1 aliphatic heterocycles. The van der Waals surface area contributed by atoms with E-state index in [4.69, 9.17) is 0 Å². The van der Waals surface area contributed by atoms with Crippen molar-refractivity contribution in [1.29, 1.82) is 0 Å². The molecule has 0 fully saturated rings. The van der Waals surface area contributed by atoms with Crippen LogP contribution in [0.25, 0.3) is 22.2 Å². The highest BCUT2D eigenvalue weighted by Gasteiger charge is 2.26. The first-order chi connectivity index (χ1) is 14.0. The minimum absolute atomic E-state index is 0.135. The number of carbonyl (C=O) groups is 1. The molecule has 29 heavy (non-hydrogen) atoms. The Morgan fingerprint density at radius 1 is 1.10 bits per heavy atom. The molecule has 2 aromatic carbocycles. The standard InChI is InChI=1S/C24H28N4O/c1-17(2)28(16-19-13-14-25-27(19)3)23(29)15-21-20-11-7-8-12-22(20)26-24(21)18-9-5-4-6-10-18/h4-14,17,19,25-26H,15-16H2,1-3H3. The number of aromatic amines is 1. The molecule has 0 aliphatic carbocycles. The molecule has 0 saturated carbocycles. The number of hydrogen-bond acceptors (Lipinski definition) is 3. The molecule has 1 atom stereocenters. The first-order valence-electron chi connectivity index (χ1n) is 10.1. The SMILES string of the molecule is CC(C)N(CC1C=CNN1C)C(=O)Cc1c(-c2ccccc2)[nH]c2ccccc12. The van der Waals surface area contributed by atoms with Crippen LogP contribution in [0.3, 0.4) is 0 Å². The molecule has 0 spiro atoms. The van der Waals surface area contributed by atoms with Crippen molar-refractivity contribution in [3.8, 4) is 11.3 Å². The van der Waals surface area contributed by atoms with Gasteiger partial charge in [-0.2, -0.15) is 0 Å². The van der Waals surface area contributed by atoms with Gasteiger partial charge in [0.2, 0.25) is 5.91 Å². The average Bonchev–Trinajstić information content (AvgIpc) is 3.30. The zero-order valence-electron chi connectivity index (χ0n) is 17.2. The van der Waals surface area contributed by atoms with E-state index in [1.54, 1.807) is 0 Å². The smallest absolute Gasteiger partial charge is 0.227 e. The summed E-state index contributed by atoms with van der Waals surface area (Å²) in [6, 6.07) is 18.8. The summed E-state index contributed by atoms with van der Waals surface area (Å²) in [6.45, 7) is 4.83. The number of nitrogens with one attached hydrogen (secondary N) is 2. The molecule has 5 heteroatoms. The molecule has 150 valence electrons. The van der Waals surface area contributed by atoms with Gasteiger partial charge in [0.25, 0.3) is 0 Å². The van der Waals surface area contributed by atoms with Gasteiger partial charge in [0.1, 0.15) is 0 Å². The van der Waals surface area contributed by atoms with Gasteiger partial charge < -0.3 is 15.3 Å². The van der Waals surface area contributed by atoms with E-state index in [0.29, 0.717) is 13.0 Å². The molecule has 1 amide bonds. The highest BCUT2D eigenvalue weighted by atomic mass is 16.2. The van der Waals surface area contributed by atoms with Crippen LogP contribution in [0.1, 0.15) is 19.4 Å². The monoisotopic (exact) mass is 388 g/mol. The van der Waals surface area contributed by atoms with Crippen LogP contribution in [0, 0.1) is 0 Å². The molecule has 4 rings (SSSR count). The Hall–Kier alpha value is -3.05. The zero-order valence-corrected chi connectivity index (χ0v) is 17.2. The number of carbonyl (C=O) groups excluding carboxylic acids is 1. The van der Waals surface area contributed by atoms with Gasteiger partial charge in [-0.1, -0.05) is 48.5 Å². The molecule has 3 aromatic rings. The van der Waals surface area contributed by atoms with Crippen LogP contribution >= 0.6 is 0 Å². The Labute approximate surface area is 172 Å². The molecule has 0 bridgehead atoms. The summed E-state index contributed by atoms with van der Waals surface area (Å²) >= 11 is 0. The number of para-hydroxylation sites is 1. The lowest BCUT2D eigenvalue weighted by atomic mass is 10.0. The fourth-order valence-corrected chi connectivity index (χ4v) is 3.97. The Balaban J connectivity index is 1.67. The Morgan fingerprint density at radius 2 is 1.83 bits per heavy atom. The molecule has 0 saturated heterocycles. The van der Waals surface area contributed by atoms with Crippen molar-refractivity contribution < 1.29 is 4.79 Å². The summed E-state index contributed by atoms with van der Waals surface area (Å²) in [6.07, 6.45) is 4.41. The van der Waals surface area contributed by atoms with Gasteiger partial charge in [0, 0.05) is 36.7 Å². The third kappa shape index (κ3) is 3.91. The summed E-state index contributed by atoms with van der Waals surface area (Å²) in [4.78, 5) is 18.9. The van der Waals surface area contributed by atoms with Crippen LogP contribution in [-0.4, -0.2) is 46.5 Å². The first-order valence-corrected chi connectivity index (χ1v) is 10.1. The highest BCUT2D eigenvalue weighted by molar-refractivity contribution is 5.95. The van der Waals surface area contributed by atoms with Crippen LogP contribution in [0.5, 0.6) is 0 Å². The van der Waals surface area contributed by atoms with Gasteiger partial charge in [0.15, 0.2) is 0 Å². The summed E-state index contributed by atoms with van der Waals surface area (Å²) < 4.78 is 0. The van der Waals surface area contributed by atoms with Gasteiger partial charge in [-0.3, -0.25) is 4.79 Å². The maximum atomic E-state index is 13.4. The van der Waals surface area contributed by atoms with Crippen LogP contribution in [0.2, 0.25) is 0 Å². The summed E-state index contributed by atoms with van der Waals surface area (Å²) in [5.74, 6) is 0.149. The molecule has 2 heterocycles. The minimum atomic E-state index is 0.135. The van der Waals surface area contributed by atoms with E-state index in [9.17, 15) is 4.79 Å². The number of likely N-dealkylation sites (N-methyl/N-ethyl adjacent to an activating group) is 1. The van der Waals surface area contributed by atoms with Crippen LogP contribution in [0.4, 0.5) is 0 Å². The largest absolute Gasteiger partial charge is 0.354 e. The van der Waals surface area contributed by atoms with Gasteiger partial charge >= 0.3 is 0 Å². The van der Waals surface area contributed by atoms with E-state index in [0.717, 1.165) is 27.7 Å². The lowest BCUT2D eigenvalue weighted by Gasteiger charge is -2.31. The van der Waals surface area contributed by atoms with Gasteiger partial charge in [-0.05, 0) is 37.1 Å². The fourth-order valence-electron chi connectivity index (χ4n) is 3.97. The molecule has 5 nitrogen and oxygen atoms in total. The second-order valence-electron chi connectivity index (χ2n) is 7.87. The molecular weight excluding hydrogens is 360 g/mol. The maximum Gasteiger partial charge on any atom is 0.227 e. The predicted molar refractivity (Wildman–Crippen MR) is 118 cm³/mol. The van der Waals surface area contributed by atoms with Crippen molar-refractivity contribution in [2.24, 2.45) is 0 Å². The number of rotatable bonds is 6. The number of H-pyrrole nitrogens is 1. The number of hydrogen-bond donors (Lipinski definition) is 2. The number of benzene rings is 2. The van der Waals surface area contributed by atoms with Crippen molar-refractivity contribution in [2.75, 3.05) is 13.6 Å². The lowest BCUT2D eigenvalue weighted by molar-refractivity contribution is -0.132. The number of fused-ring (bicyclic) bond motifs is 1. The van der Waals surface area contributed by atoms with Crippen LogP contribution in [0.15, 0.2) is 66.9 Å². The topological polar surface area (TPSA) is 51.4 Å². The average molecular weight is 389 g/mol. The van der Waals surface area contributed by atoms with Crippen LogP contribution in [-0.2, 0) is 11.2 Å². The van der Waals surface area contributed by atoms with Crippen molar-refractivity contribution >= 4 is 16.8 Å². The van der Waals surface area contributed by atoms with Crippen molar-refractivity contribution in [3.63, 3.8) is 0 Å². The summed E-state index contributed by atoms with van der Waals surface area (Å²) in [5.41, 5.74) is 7.42. The molecule has 1 aliphatic rings. The highest BCUT2D eigenvalue weighted by Crippen LogP contribution is 2.31. The number of hydrazine groups is 1. The quantitative estimate of drug-likeness (QED) is 0.672. The van der Waals surface area contributed by atoms with E-state index in [2.05, 4.69) is 54.6 Å². The summed E-state index contributed by atoms with van der Waals surface area (Å²) in [7, 11) is 2.00. The number of amides is 1. The normalized spacial score (nSPS) is 16.5. The van der Waals surface area contributed by atoms with Gasteiger partial charge in [0.05, 0.1) is 18.2 Å². The molecule has 0 radical (unpaired) electrons. The third-order valence-corrected chi connectivity index (χ3v) is 5.63. The Morgan fingerprint density at radius 3 is 2.52 bits per heavy atom. The molecule has 2 N–H and O–H groups in total. The predicted octanol–water partition coefficient (Wildman–Crippen LogP) is 3.95. The first kappa shape index (κ1) is 19.3.